The lowest BCUT2D eigenvalue weighted by Crippen LogP contribution is -2.18. The molecule has 6 nitrogen and oxygen atoms in total. The summed E-state index contributed by atoms with van der Waals surface area (Å²) in [5, 5.41) is 0.505. The van der Waals surface area contributed by atoms with Crippen molar-refractivity contribution >= 4 is 20.9 Å². The number of imidazole rings is 1. The van der Waals surface area contributed by atoms with E-state index in [1.807, 2.05) is 0 Å². The molecule has 0 amide bonds. The molecule has 11 heteroatoms. The first-order valence-corrected chi connectivity index (χ1v) is 12.1. The summed E-state index contributed by atoms with van der Waals surface area (Å²) < 4.78 is 83.8. The van der Waals surface area contributed by atoms with Crippen molar-refractivity contribution in [1.29, 1.82) is 0 Å². The third-order valence-corrected chi connectivity index (χ3v) is 7.23. The van der Waals surface area contributed by atoms with E-state index in [2.05, 4.69) is 9.71 Å². The molecule has 1 N–H and O–H groups in total. The van der Waals surface area contributed by atoms with Crippen LogP contribution in [0.1, 0.15) is 5.56 Å². The molecule has 5 aromatic rings. The molecule has 2 heterocycles. The monoisotopic (exact) mass is 514 g/mol. The number of nitrogens with zero attached hydrogens (tertiary/aromatic N) is 3. The minimum absolute atomic E-state index is 0.0115. The molecule has 0 saturated heterocycles. The highest BCUT2D eigenvalue weighted by molar-refractivity contribution is 7.89. The molecule has 0 atom stereocenters. The van der Waals surface area contributed by atoms with Crippen molar-refractivity contribution in [2.24, 2.45) is 0 Å². The quantitative estimate of drug-likeness (QED) is 0.313. The minimum atomic E-state index is -4.47. The standard InChI is InChI=1S/C25H18F4N4O2S/c1-30-36(34,35)18-10-11-23-19(12-18)20(13-33(23)17-8-6-16(7-9-17)25(27,28)29)22-14-32(15-31-22)24-5-3-2-4-21(24)26/h2-15,30H,1H3. The van der Waals surface area contributed by atoms with Crippen molar-refractivity contribution in [3.8, 4) is 22.6 Å². The second kappa shape index (κ2) is 8.61. The summed E-state index contributed by atoms with van der Waals surface area (Å²) in [6.45, 7) is 0. The van der Waals surface area contributed by atoms with Crippen molar-refractivity contribution in [3.63, 3.8) is 0 Å². The molecule has 0 fully saturated rings. The largest absolute Gasteiger partial charge is 0.416 e. The van der Waals surface area contributed by atoms with Gasteiger partial charge in [0.05, 0.1) is 27.4 Å². The lowest BCUT2D eigenvalue weighted by Gasteiger charge is -2.09. The molecule has 2 aromatic heterocycles. The fourth-order valence-corrected chi connectivity index (χ4v) is 4.73. The Balaban J connectivity index is 1.70. The van der Waals surface area contributed by atoms with Gasteiger partial charge in [-0.2, -0.15) is 13.2 Å². The average Bonchev–Trinajstić information content (AvgIpc) is 3.48. The van der Waals surface area contributed by atoms with Crippen molar-refractivity contribution in [2.45, 2.75) is 11.1 Å². The summed E-state index contributed by atoms with van der Waals surface area (Å²) in [6.07, 6.45) is 0.224. The van der Waals surface area contributed by atoms with Crippen LogP contribution in [0.4, 0.5) is 17.6 Å². The third kappa shape index (κ3) is 4.16. The summed E-state index contributed by atoms with van der Waals surface area (Å²) in [5.74, 6) is -0.448. The first-order chi connectivity index (χ1) is 17.1. The Morgan fingerprint density at radius 1 is 0.944 bits per heavy atom. The van der Waals surface area contributed by atoms with Crippen molar-refractivity contribution < 1.29 is 26.0 Å². The summed E-state index contributed by atoms with van der Waals surface area (Å²) in [7, 11) is -2.47. The van der Waals surface area contributed by atoms with Crippen LogP contribution in [0.25, 0.3) is 33.5 Å². The molecule has 0 aliphatic carbocycles. The Labute approximate surface area is 203 Å². The van der Waals surface area contributed by atoms with Crippen molar-refractivity contribution in [1.82, 2.24) is 18.8 Å². The van der Waals surface area contributed by atoms with E-state index < -0.39 is 27.6 Å². The van der Waals surface area contributed by atoms with Gasteiger partial charge in [0.25, 0.3) is 0 Å². The number of hydrogen-bond donors (Lipinski definition) is 1. The van der Waals surface area contributed by atoms with Crippen LogP contribution in [-0.4, -0.2) is 29.6 Å². The van der Waals surface area contributed by atoms with E-state index in [1.165, 1.54) is 48.3 Å². The van der Waals surface area contributed by atoms with Gasteiger partial charge in [-0.05, 0) is 61.6 Å². The molecule has 0 radical (unpaired) electrons. The van der Waals surface area contributed by atoms with Crippen LogP contribution in [0.15, 0.2) is 90.3 Å². The number of hydrogen-bond acceptors (Lipinski definition) is 3. The predicted octanol–water partition coefficient (Wildman–Crippen LogP) is 5.55. The van der Waals surface area contributed by atoms with Crippen LogP contribution in [0.2, 0.25) is 0 Å². The molecule has 184 valence electrons. The molecule has 3 aromatic carbocycles. The van der Waals surface area contributed by atoms with Gasteiger partial charge in [-0.3, -0.25) is 0 Å². The van der Waals surface area contributed by atoms with Crippen LogP contribution in [0.3, 0.4) is 0 Å². The summed E-state index contributed by atoms with van der Waals surface area (Å²) >= 11 is 0. The molecule has 36 heavy (non-hydrogen) atoms. The number of aromatic nitrogens is 3. The minimum Gasteiger partial charge on any atom is -0.316 e. The molecule has 5 rings (SSSR count). The number of para-hydroxylation sites is 1. The Bertz CT molecular complexity index is 1690. The van der Waals surface area contributed by atoms with Gasteiger partial charge in [0.15, 0.2) is 0 Å². The van der Waals surface area contributed by atoms with Crippen LogP contribution in [0, 0.1) is 5.82 Å². The van der Waals surface area contributed by atoms with E-state index in [9.17, 15) is 26.0 Å². The van der Waals surface area contributed by atoms with Crippen molar-refractivity contribution in [3.05, 3.63) is 96.8 Å². The Hall–Kier alpha value is -3.96. The van der Waals surface area contributed by atoms with Crippen LogP contribution < -0.4 is 4.72 Å². The fourth-order valence-electron chi connectivity index (χ4n) is 3.98. The SMILES string of the molecule is CNS(=O)(=O)c1ccc2c(c1)c(-c1cn(-c3ccccc3F)cn1)cn2-c1ccc(C(F)(F)F)cc1. The Morgan fingerprint density at radius 2 is 1.67 bits per heavy atom. The van der Waals surface area contributed by atoms with E-state index in [-0.39, 0.29) is 10.6 Å². The van der Waals surface area contributed by atoms with Crippen LogP contribution in [0.5, 0.6) is 0 Å². The highest BCUT2D eigenvalue weighted by Gasteiger charge is 2.30. The second-order valence-corrected chi connectivity index (χ2v) is 9.85. The smallest absolute Gasteiger partial charge is 0.316 e. The fraction of sp³-hybridized carbons (Fsp3) is 0.0800. The van der Waals surface area contributed by atoms with Gasteiger partial charge in [0, 0.05) is 29.0 Å². The number of rotatable bonds is 5. The van der Waals surface area contributed by atoms with Gasteiger partial charge >= 0.3 is 6.18 Å². The van der Waals surface area contributed by atoms with Crippen LogP contribution in [-0.2, 0) is 16.2 Å². The molecular weight excluding hydrogens is 496 g/mol. The normalized spacial score (nSPS) is 12.4. The predicted molar refractivity (Wildman–Crippen MR) is 127 cm³/mol. The maximum atomic E-state index is 14.3. The molecule has 0 aliphatic heterocycles. The third-order valence-electron chi connectivity index (χ3n) is 5.82. The first-order valence-electron chi connectivity index (χ1n) is 10.6. The summed E-state index contributed by atoms with van der Waals surface area (Å²) in [4.78, 5) is 4.40. The molecule has 0 spiro atoms. The van der Waals surface area contributed by atoms with E-state index in [0.29, 0.717) is 27.8 Å². The zero-order valence-corrected chi connectivity index (χ0v) is 19.5. The maximum Gasteiger partial charge on any atom is 0.416 e. The van der Waals surface area contributed by atoms with Crippen molar-refractivity contribution in [2.75, 3.05) is 7.05 Å². The van der Waals surface area contributed by atoms with Gasteiger partial charge in [-0.25, -0.2) is 22.5 Å². The number of nitrogens with one attached hydrogen (secondary N) is 1. The molecular formula is C25H18F4N4O2S. The Kier molecular flexibility index (Phi) is 5.68. The van der Waals surface area contributed by atoms with E-state index in [1.54, 1.807) is 41.2 Å². The van der Waals surface area contributed by atoms with Gasteiger partial charge in [0.1, 0.15) is 12.1 Å². The molecule has 0 bridgehead atoms. The van der Waals surface area contributed by atoms with E-state index >= 15 is 0 Å². The number of benzene rings is 3. The number of alkyl halides is 3. The number of sulfonamides is 1. The lowest BCUT2D eigenvalue weighted by molar-refractivity contribution is -0.137. The summed E-state index contributed by atoms with van der Waals surface area (Å²) in [6, 6.07) is 15.3. The van der Waals surface area contributed by atoms with Gasteiger partial charge in [-0.15, -0.1) is 0 Å². The van der Waals surface area contributed by atoms with E-state index in [0.717, 1.165) is 12.1 Å². The topological polar surface area (TPSA) is 68.9 Å². The summed E-state index contributed by atoms with van der Waals surface area (Å²) in [5.41, 5.74) is 1.44. The van der Waals surface area contributed by atoms with Crippen LogP contribution >= 0.6 is 0 Å². The van der Waals surface area contributed by atoms with Gasteiger partial charge < -0.3 is 9.13 Å². The maximum absolute atomic E-state index is 14.3. The number of halogens is 4. The van der Waals surface area contributed by atoms with Gasteiger partial charge in [-0.1, -0.05) is 12.1 Å². The van der Waals surface area contributed by atoms with Gasteiger partial charge in [0.2, 0.25) is 10.0 Å². The zero-order valence-electron chi connectivity index (χ0n) is 18.7. The van der Waals surface area contributed by atoms with E-state index in [4.69, 9.17) is 0 Å². The highest BCUT2D eigenvalue weighted by atomic mass is 32.2. The number of fused-ring (bicyclic) bond motifs is 1. The molecule has 0 aliphatic rings. The lowest BCUT2D eigenvalue weighted by atomic mass is 10.1. The Morgan fingerprint density at radius 3 is 2.33 bits per heavy atom. The first kappa shape index (κ1) is 23.8. The average molecular weight is 515 g/mol. The molecule has 0 unspecified atom stereocenters. The zero-order chi connectivity index (χ0) is 25.7. The second-order valence-electron chi connectivity index (χ2n) is 7.96. The highest BCUT2D eigenvalue weighted by Crippen LogP contribution is 2.35. The molecule has 0 saturated carbocycles.